The Labute approximate surface area is 202 Å². The number of hydrogen-bond acceptors (Lipinski definition) is 6. The lowest BCUT2D eigenvalue weighted by molar-refractivity contribution is -0.121. The molecule has 2 amide bonds. The number of aromatic nitrogens is 2. The van der Waals surface area contributed by atoms with Crippen LogP contribution < -0.4 is 14.8 Å². The lowest BCUT2D eigenvalue weighted by Gasteiger charge is -2.31. The van der Waals surface area contributed by atoms with Gasteiger partial charge in [-0.3, -0.25) is 14.6 Å². The summed E-state index contributed by atoms with van der Waals surface area (Å²) in [6, 6.07) is 12.2. The molecule has 0 radical (unpaired) electrons. The molecule has 1 saturated heterocycles. The number of halogens is 1. The third-order valence-corrected chi connectivity index (χ3v) is 5.94. The Morgan fingerprint density at radius 2 is 1.85 bits per heavy atom. The van der Waals surface area contributed by atoms with Crippen LogP contribution in [0.25, 0.3) is 0 Å². The number of methoxy groups -OCH3 is 1. The Morgan fingerprint density at radius 3 is 2.59 bits per heavy atom. The third-order valence-electron chi connectivity index (χ3n) is 5.70. The SMILES string of the molecule is COc1ccc(Cl)cc1C(=O)N1CCC(C(=O)Nc2ncccc2OCc2ccncc2)CC1. The van der Waals surface area contributed by atoms with Gasteiger partial charge in [0.25, 0.3) is 5.91 Å². The zero-order valence-corrected chi connectivity index (χ0v) is 19.5. The second-order valence-corrected chi connectivity index (χ2v) is 8.33. The van der Waals surface area contributed by atoms with Crippen molar-refractivity contribution in [2.24, 2.45) is 5.92 Å². The Balaban J connectivity index is 1.35. The monoisotopic (exact) mass is 480 g/mol. The fourth-order valence-corrected chi connectivity index (χ4v) is 3.99. The fourth-order valence-electron chi connectivity index (χ4n) is 3.82. The normalized spacial score (nSPS) is 13.9. The Hall–Kier alpha value is -3.65. The molecule has 8 nitrogen and oxygen atoms in total. The fraction of sp³-hybridized carbons (Fsp3) is 0.280. The largest absolute Gasteiger partial charge is 0.496 e. The molecule has 1 aliphatic heterocycles. The highest BCUT2D eigenvalue weighted by molar-refractivity contribution is 6.31. The van der Waals surface area contributed by atoms with E-state index in [1.54, 1.807) is 53.8 Å². The quantitative estimate of drug-likeness (QED) is 0.544. The van der Waals surface area contributed by atoms with Gasteiger partial charge in [0.15, 0.2) is 11.6 Å². The number of likely N-dealkylation sites (tertiary alicyclic amines) is 1. The molecule has 1 N–H and O–H groups in total. The summed E-state index contributed by atoms with van der Waals surface area (Å²) >= 11 is 6.07. The van der Waals surface area contributed by atoms with Crippen molar-refractivity contribution in [1.82, 2.24) is 14.9 Å². The molecule has 2 aromatic heterocycles. The topological polar surface area (TPSA) is 93.7 Å². The van der Waals surface area contributed by atoms with Crippen LogP contribution in [0.1, 0.15) is 28.8 Å². The van der Waals surface area contributed by atoms with E-state index in [1.165, 1.54) is 7.11 Å². The van der Waals surface area contributed by atoms with Crippen molar-refractivity contribution < 1.29 is 19.1 Å². The average molecular weight is 481 g/mol. The van der Waals surface area contributed by atoms with Gasteiger partial charge in [-0.25, -0.2) is 4.98 Å². The highest BCUT2D eigenvalue weighted by Crippen LogP contribution is 2.28. The lowest BCUT2D eigenvalue weighted by atomic mass is 9.95. The first-order valence-corrected chi connectivity index (χ1v) is 11.3. The number of amides is 2. The van der Waals surface area contributed by atoms with Crippen molar-refractivity contribution in [2.45, 2.75) is 19.4 Å². The molecule has 176 valence electrons. The van der Waals surface area contributed by atoms with Crippen molar-refractivity contribution in [1.29, 1.82) is 0 Å². The molecular formula is C25H25ClN4O4. The number of ether oxygens (including phenoxy) is 2. The molecule has 3 aromatic rings. The van der Waals surface area contributed by atoms with E-state index >= 15 is 0 Å². The zero-order valence-electron chi connectivity index (χ0n) is 18.7. The summed E-state index contributed by atoms with van der Waals surface area (Å²) in [4.78, 5) is 35.9. The predicted octanol–water partition coefficient (Wildman–Crippen LogP) is 4.21. The van der Waals surface area contributed by atoms with Gasteiger partial charge < -0.3 is 19.7 Å². The van der Waals surface area contributed by atoms with Gasteiger partial charge in [0.2, 0.25) is 5.91 Å². The Kier molecular flexibility index (Phi) is 7.59. The number of rotatable bonds is 7. The summed E-state index contributed by atoms with van der Waals surface area (Å²) < 4.78 is 11.2. The van der Waals surface area contributed by atoms with Crippen LogP contribution in [0, 0.1) is 5.92 Å². The first kappa shape index (κ1) is 23.5. The van der Waals surface area contributed by atoms with E-state index in [-0.39, 0.29) is 17.7 Å². The maximum absolute atomic E-state index is 13.0. The maximum Gasteiger partial charge on any atom is 0.257 e. The molecule has 0 spiro atoms. The van der Waals surface area contributed by atoms with Gasteiger partial charge in [-0.2, -0.15) is 0 Å². The molecule has 4 rings (SSSR count). The molecule has 0 unspecified atom stereocenters. The molecule has 0 saturated carbocycles. The second kappa shape index (κ2) is 11.0. The van der Waals surface area contributed by atoms with Crippen molar-refractivity contribution in [2.75, 3.05) is 25.5 Å². The standard InChI is InChI=1S/C25H25ClN4O4/c1-33-21-5-4-19(26)15-20(21)25(32)30-13-8-18(9-14-30)24(31)29-23-22(3-2-10-28-23)34-16-17-6-11-27-12-7-17/h2-7,10-12,15,18H,8-9,13-14,16H2,1H3,(H,28,29,31). The van der Waals surface area contributed by atoms with Gasteiger partial charge in [-0.05, 0) is 60.9 Å². The minimum Gasteiger partial charge on any atom is -0.496 e. The zero-order chi connectivity index (χ0) is 23.9. The first-order valence-electron chi connectivity index (χ1n) is 11.0. The smallest absolute Gasteiger partial charge is 0.257 e. The van der Waals surface area contributed by atoms with Gasteiger partial charge in [-0.15, -0.1) is 0 Å². The van der Waals surface area contributed by atoms with Crippen molar-refractivity contribution >= 4 is 29.2 Å². The van der Waals surface area contributed by atoms with Gasteiger partial charge in [0, 0.05) is 42.6 Å². The van der Waals surface area contributed by atoms with E-state index < -0.39 is 0 Å². The van der Waals surface area contributed by atoms with Crippen molar-refractivity contribution in [3.8, 4) is 11.5 Å². The summed E-state index contributed by atoms with van der Waals surface area (Å²) in [6.07, 6.45) is 6.09. The summed E-state index contributed by atoms with van der Waals surface area (Å²) in [5.41, 5.74) is 1.38. The molecular weight excluding hydrogens is 456 g/mol. The maximum atomic E-state index is 13.0. The number of carbonyl (C=O) groups is 2. The molecule has 0 atom stereocenters. The van der Waals surface area contributed by atoms with Gasteiger partial charge in [-0.1, -0.05) is 11.6 Å². The van der Waals surface area contributed by atoms with E-state index in [1.807, 2.05) is 12.1 Å². The van der Waals surface area contributed by atoms with E-state index in [2.05, 4.69) is 15.3 Å². The molecule has 0 aliphatic carbocycles. The van der Waals surface area contributed by atoms with E-state index in [0.717, 1.165) is 5.56 Å². The number of carbonyl (C=O) groups excluding carboxylic acids is 2. The number of anilines is 1. The van der Waals surface area contributed by atoms with Crippen molar-refractivity contribution in [3.63, 3.8) is 0 Å². The Bertz CT molecular complexity index is 1150. The minimum atomic E-state index is -0.236. The molecule has 1 aromatic carbocycles. The molecule has 34 heavy (non-hydrogen) atoms. The predicted molar refractivity (Wildman–Crippen MR) is 128 cm³/mol. The van der Waals surface area contributed by atoms with Crippen LogP contribution >= 0.6 is 11.6 Å². The van der Waals surface area contributed by atoms with Crippen molar-refractivity contribution in [3.05, 3.63) is 77.2 Å². The van der Waals surface area contributed by atoms with E-state index in [4.69, 9.17) is 21.1 Å². The first-order chi connectivity index (χ1) is 16.5. The number of piperidine rings is 1. The number of benzene rings is 1. The summed E-state index contributed by atoms with van der Waals surface area (Å²) in [7, 11) is 1.52. The van der Waals surface area contributed by atoms with E-state index in [0.29, 0.717) is 60.4 Å². The van der Waals surface area contributed by atoms with Crippen LogP contribution in [0.2, 0.25) is 5.02 Å². The highest BCUT2D eigenvalue weighted by Gasteiger charge is 2.29. The van der Waals surface area contributed by atoms with Crippen LogP contribution in [-0.4, -0.2) is 46.9 Å². The second-order valence-electron chi connectivity index (χ2n) is 7.89. The van der Waals surface area contributed by atoms with Crippen LogP contribution in [0.4, 0.5) is 5.82 Å². The average Bonchev–Trinajstić information content (AvgIpc) is 2.88. The van der Waals surface area contributed by atoms with Gasteiger partial charge >= 0.3 is 0 Å². The highest BCUT2D eigenvalue weighted by atomic mass is 35.5. The Morgan fingerprint density at radius 1 is 1.09 bits per heavy atom. The van der Waals surface area contributed by atoms with Crippen LogP contribution in [-0.2, 0) is 11.4 Å². The molecule has 9 heteroatoms. The van der Waals surface area contributed by atoms with Crippen LogP contribution in [0.5, 0.6) is 11.5 Å². The van der Waals surface area contributed by atoms with Gasteiger partial charge in [0.1, 0.15) is 12.4 Å². The van der Waals surface area contributed by atoms with Crippen LogP contribution in [0.3, 0.4) is 0 Å². The summed E-state index contributed by atoms with van der Waals surface area (Å²) in [5.74, 6) is 0.816. The number of hydrogen-bond donors (Lipinski definition) is 1. The molecule has 3 heterocycles. The molecule has 1 aliphatic rings. The lowest BCUT2D eigenvalue weighted by Crippen LogP contribution is -2.41. The number of nitrogens with one attached hydrogen (secondary N) is 1. The minimum absolute atomic E-state index is 0.139. The molecule has 1 fully saturated rings. The van der Waals surface area contributed by atoms with E-state index in [9.17, 15) is 9.59 Å². The van der Waals surface area contributed by atoms with Crippen LogP contribution in [0.15, 0.2) is 61.1 Å². The van der Waals surface area contributed by atoms with Gasteiger partial charge in [0.05, 0.1) is 12.7 Å². The number of pyridine rings is 2. The summed E-state index contributed by atoms with van der Waals surface area (Å²) in [6.45, 7) is 1.25. The molecule has 0 bridgehead atoms. The third kappa shape index (κ3) is 5.63. The summed E-state index contributed by atoms with van der Waals surface area (Å²) in [5, 5.41) is 3.36. The number of nitrogens with zero attached hydrogens (tertiary/aromatic N) is 3.